The van der Waals surface area contributed by atoms with Gasteiger partial charge in [-0.05, 0) is 12.8 Å². The molecule has 0 aliphatic rings. The van der Waals surface area contributed by atoms with Gasteiger partial charge in [0.15, 0.2) is 0 Å². The molecular weight excluding hydrogens is 262 g/mol. The van der Waals surface area contributed by atoms with Crippen molar-refractivity contribution in [3.8, 4) is 0 Å². The van der Waals surface area contributed by atoms with Crippen molar-refractivity contribution in [2.45, 2.75) is 52.0 Å². The van der Waals surface area contributed by atoms with Crippen molar-refractivity contribution in [3.05, 3.63) is 18.7 Å². The number of rotatable bonds is 9. The zero-order valence-corrected chi connectivity index (χ0v) is 13.1. The monoisotopic (exact) mass is 288 g/mol. The van der Waals surface area contributed by atoms with Gasteiger partial charge in [0.25, 0.3) is 6.33 Å². The van der Waals surface area contributed by atoms with E-state index in [2.05, 4.69) is 6.92 Å². The summed E-state index contributed by atoms with van der Waals surface area (Å²) in [5, 5.41) is 0. The zero-order valence-electron chi connectivity index (χ0n) is 12.2. The molecule has 110 valence electrons. The van der Waals surface area contributed by atoms with Gasteiger partial charge in [0.2, 0.25) is 0 Å². The fourth-order valence-electron chi connectivity index (χ4n) is 1.91. The molecule has 0 saturated carbocycles. The van der Waals surface area contributed by atoms with Gasteiger partial charge in [-0.25, -0.2) is 4.57 Å². The molecular formula is C13H26N3O2S+. The molecule has 0 unspecified atom stereocenters. The second-order valence-corrected chi connectivity index (χ2v) is 7.09. The highest BCUT2D eigenvalue weighted by Crippen LogP contribution is 2.05. The van der Waals surface area contributed by atoms with Crippen LogP contribution in [0, 0.1) is 0 Å². The molecule has 0 N–H and O–H groups in total. The van der Waals surface area contributed by atoms with Crippen molar-refractivity contribution in [1.29, 1.82) is 0 Å². The standard InChI is InChI=1S/C13H26N3O2S/c1-4-5-6-7-8-9-10-15-11-12-16(13-15)19(17,18)14(2)3/h11-13H,4-10H2,1-3H3/q+1. The van der Waals surface area contributed by atoms with E-state index >= 15 is 0 Å². The van der Waals surface area contributed by atoms with Crippen LogP contribution in [0.5, 0.6) is 0 Å². The lowest BCUT2D eigenvalue weighted by Gasteiger charge is -2.05. The van der Waals surface area contributed by atoms with Crippen LogP contribution in [-0.2, 0) is 16.8 Å². The summed E-state index contributed by atoms with van der Waals surface area (Å²) in [5.74, 6) is 0. The molecule has 19 heavy (non-hydrogen) atoms. The highest BCUT2D eigenvalue weighted by Gasteiger charge is 2.22. The molecule has 0 aromatic carbocycles. The highest BCUT2D eigenvalue weighted by molar-refractivity contribution is 7.87. The van der Waals surface area contributed by atoms with Crippen LogP contribution >= 0.6 is 0 Å². The Labute approximate surface area is 117 Å². The van der Waals surface area contributed by atoms with E-state index in [-0.39, 0.29) is 0 Å². The molecule has 1 heterocycles. The van der Waals surface area contributed by atoms with Gasteiger partial charge in [-0.2, -0.15) is 12.7 Å². The summed E-state index contributed by atoms with van der Waals surface area (Å²) in [5.41, 5.74) is 0. The quantitative estimate of drug-likeness (QED) is 0.514. The number of aromatic nitrogens is 2. The average Bonchev–Trinajstić information content (AvgIpc) is 2.82. The van der Waals surface area contributed by atoms with Gasteiger partial charge < -0.3 is 0 Å². The minimum atomic E-state index is -3.37. The lowest BCUT2D eigenvalue weighted by molar-refractivity contribution is -0.696. The van der Waals surface area contributed by atoms with Gasteiger partial charge in [0.1, 0.15) is 12.4 Å². The van der Waals surface area contributed by atoms with Crippen molar-refractivity contribution >= 4 is 10.2 Å². The van der Waals surface area contributed by atoms with E-state index in [0.717, 1.165) is 13.0 Å². The van der Waals surface area contributed by atoms with Crippen molar-refractivity contribution in [3.63, 3.8) is 0 Å². The van der Waals surface area contributed by atoms with Gasteiger partial charge in [0, 0.05) is 14.1 Å². The second-order valence-electron chi connectivity index (χ2n) is 5.04. The molecule has 0 aliphatic heterocycles. The average molecular weight is 288 g/mol. The number of nitrogens with zero attached hydrogens (tertiary/aromatic N) is 3. The Balaban J connectivity index is 2.40. The summed E-state index contributed by atoms with van der Waals surface area (Å²) >= 11 is 0. The first-order valence-electron chi connectivity index (χ1n) is 6.98. The van der Waals surface area contributed by atoms with E-state index in [1.807, 2.05) is 10.8 Å². The minimum Gasteiger partial charge on any atom is -0.236 e. The Bertz CT molecular complexity index is 466. The van der Waals surface area contributed by atoms with E-state index in [9.17, 15) is 8.42 Å². The smallest absolute Gasteiger partial charge is 0.236 e. The summed E-state index contributed by atoms with van der Waals surface area (Å²) in [6, 6.07) is 0. The molecule has 0 bridgehead atoms. The van der Waals surface area contributed by atoms with Crippen LogP contribution in [-0.4, -0.2) is 30.8 Å². The molecule has 1 rings (SSSR count). The second kappa shape index (κ2) is 7.65. The Morgan fingerprint density at radius 3 is 2.37 bits per heavy atom. The molecule has 6 heteroatoms. The van der Waals surface area contributed by atoms with Gasteiger partial charge in [-0.3, -0.25) is 0 Å². The lowest BCUT2D eigenvalue weighted by Crippen LogP contribution is -2.33. The van der Waals surface area contributed by atoms with Crippen molar-refractivity contribution in [1.82, 2.24) is 8.28 Å². The first-order valence-corrected chi connectivity index (χ1v) is 8.38. The van der Waals surface area contributed by atoms with Crippen LogP contribution in [0.2, 0.25) is 0 Å². The van der Waals surface area contributed by atoms with Crippen LogP contribution in [0.1, 0.15) is 45.4 Å². The number of aryl methyl sites for hydroxylation is 1. The Kier molecular flexibility index (Phi) is 6.51. The summed E-state index contributed by atoms with van der Waals surface area (Å²) < 4.78 is 28.1. The molecule has 0 spiro atoms. The van der Waals surface area contributed by atoms with Crippen molar-refractivity contribution in [2.75, 3.05) is 14.1 Å². The summed E-state index contributed by atoms with van der Waals surface area (Å²) in [6.45, 7) is 3.09. The number of unbranched alkanes of at least 4 members (excludes halogenated alkanes) is 5. The molecule has 0 radical (unpaired) electrons. The van der Waals surface area contributed by atoms with Crippen molar-refractivity contribution in [2.24, 2.45) is 0 Å². The molecule has 5 nitrogen and oxygen atoms in total. The third-order valence-electron chi connectivity index (χ3n) is 3.16. The van der Waals surface area contributed by atoms with Crippen LogP contribution in [0.15, 0.2) is 18.7 Å². The van der Waals surface area contributed by atoms with Gasteiger partial charge in [-0.15, -0.1) is 3.97 Å². The normalized spacial score (nSPS) is 12.2. The third-order valence-corrected chi connectivity index (χ3v) is 4.84. The molecule has 0 atom stereocenters. The fraction of sp³-hybridized carbons (Fsp3) is 0.769. The summed E-state index contributed by atoms with van der Waals surface area (Å²) in [7, 11) is -0.299. The van der Waals surface area contributed by atoms with E-state index in [1.165, 1.54) is 54.5 Å². The van der Waals surface area contributed by atoms with Crippen molar-refractivity contribution < 1.29 is 13.0 Å². The van der Waals surface area contributed by atoms with E-state index in [0.29, 0.717) is 0 Å². The van der Waals surface area contributed by atoms with E-state index in [4.69, 9.17) is 0 Å². The molecule has 1 aromatic rings. The van der Waals surface area contributed by atoms with Crippen LogP contribution < -0.4 is 4.57 Å². The molecule has 1 aromatic heterocycles. The number of imidazole rings is 1. The van der Waals surface area contributed by atoms with Gasteiger partial charge in [-0.1, -0.05) is 32.6 Å². The maximum atomic E-state index is 11.9. The van der Waals surface area contributed by atoms with Gasteiger partial charge >= 0.3 is 10.2 Å². The summed E-state index contributed by atoms with van der Waals surface area (Å²) in [6.07, 6.45) is 12.5. The predicted octanol–water partition coefficient (Wildman–Crippen LogP) is 1.79. The molecule has 0 amide bonds. The topological polar surface area (TPSA) is 46.2 Å². The number of hydrogen-bond acceptors (Lipinski definition) is 2. The first kappa shape index (κ1) is 16.2. The van der Waals surface area contributed by atoms with E-state index in [1.54, 1.807) is 12.5 Å². The fourth-order valence-corrected chi connectivity index (χ4v) is 2.73. The predicted molar refractivity (Wildman–Crippen MR) is 76.0 cm³/mol. The third kappa shape index (κ3) is 4.95. The number of hydrogen-bond donors (Lipinski definition) is 0. The van der Waals surface area contributed by atoms with Crippen LogP contribution in [0.3, 0.4) is 0 Å². The van der Waals surface area contributed by atoms with E-state index < -0.39 is 10.2 Å². The maximum absolute atomic E-state index is 11.9. The van der Waals surface area contributed by atoms with Gasteiger partial charge in [0.05, 0.1) is 6.54 Å². The largest absolute Gasteiger partial charge is 0.379 e. The van der Waals surface area contributed by atoms with Crippen LogP contribution in [0.25, 0.3) is 0 Å². The molecule has 0 saturated heterocycles. The maximum Gasteiger partial charge on any atom is 0.379 e. The lowest BCUT2D eigenvalue weighted by atomic mass is 10.1. The SMILES string of the molecule is CCCCCCCC[n+]1ccn(S(=O)(=O)N(C)C)c1. The molecule has 0 aliphatic carbocycles. The highest BCUT2D eigenvalue weighted by atomic mass is 32.2. The Morgan fingerprint density at radius 2 is 1.74 bits per heavy atom. The first-order chi connectivity index (χ1) is 8.98. The summed E-state index contributed by atoms with van der Waals surface area (Å²) in [4.78, 5) is 0. The Hall–Kier alpha value is -0.880. The van der Waals surface area contributed by atoms with Crippen LogP contribution in [0.4, 0.5) is 0 Å². The Morgan fingerprint density at radius 1 is 1.11 bits per heavy atom. The zero-order chi connectivity index (χ0) is 14.3. The molecule has 0 fully saturated rings. The minimum absolute atomic E-state index is 0.877.